The summed E-state index contributed by atoms with van der Waals surface area (Å²) in [7, 11) is 0. The van der Waals surface area contributed by atoms with Crippen molar-refractivity contribution < 1.29 is 0 Å². The summed E-state index contributed by atoms with van der Waals surface area (Å²) in [4.78, 5) is 0. The Kier molecular flexibility index (Phi) is 3.86. The summed E-state index contributed by atoms with van der Waals surface area (Å²) in [6, 6.07) is 2.53. The van der Waals surface area contributed by atoms with Crippen LogP contribution in [0, 0.1) is 10.6 Å². The van der Waals surface area contributed by atoms with Crippen LogP contribution in [0.15, 0.2) is 18.5 Å². The van der Waals surface area contributed by atoms with Gasteiger partial charge >= 0.3 is 0 Å². The van der Waals surface area contributed by atoms with Crippen LogP contribution in [0.2, 0.25) is 0 Å². The van der Waals surface area contributed by atoms with Gasteiger partial charge < -0.3 is 0 Å². The lowest BCUT2D eigenvalue weighted by molar-refractivity contribution is 0.471. The average molecular weight is 344 g/mol. The summed E-state index contributed by atoms with van der Waals surface area (Å²) in [6.07, 6.45) is 5.20. The minimum absolute atomic E-state index is 0.461. The molecule has 0 fully saturated rings. The van der Waals surface area contributed by atoms with Gasteiger partial charge in [-0.1, -0.05) is 6.92 Å². The van der Waals surface area contributed by atoms with Crippen molar-refractivity contribution in [3.05, 3.63) is 33.4 Å². The van der Waals surface area contributed by atoms with Crippen molar-refractivity contribution in [2.75, 3.05) is 0 Å². The molecular weight excluding hydrogens is 327 g/mol. The molecule has 0 amide bonds. The summed E-state index contributed by atoms with van der Waals surface area (Å²) in [6.45, 7) is 7.17. The summed E-state index contributed by atoms with van der Waals surface area (Å²) in [5.41, 5.74) is 2.27. The molecule has 0 bridgehead atoms. The third kappa shape index (κ3) is 2.88. The van der Waals surface area contributed by atoms with Crippen molar-refractivity contribution in [1.82, 2.24) is 19.6 Å². The van der Waals surface area contributed by atoms with Gasteiger partial charge in [-0.05, 0) is 48.9 Å². The van der Waals surface area contributed by atoms with Crippen LogP contribution in [0.25, 0.3) is 0 Å². The smallest absolute Gasteiger partial charge is 0.126 e. The molecule has 17 heavy (non-hydrogen) atoms. The molecule has 2 aromatic heterocycles. The van der Waals surface area contributed by atoms with Gasteiger partial charge in [-0.25, -0.2) is 0 Å². The molecule has 0 aliphatic rings. The molecule has 0 saturated carbocycles. The Balaban J connectivity index is 2.11. The molecule has 0 N–H and O–H groups in total. The predicted octanol–water partition coefficient (Wildman–Crippen LogP) is 3.01. The molecule has 0 radical (unpaired) electrons. The van der Waals surface area contributed by atoms with Gasteiger partial charge in [-0.3, -0.25) is 9.36 Å². The first kappa shape index (κ1) is 12.6. The molecule has 2 rings (SSSR count). The highest BCUT2D eigenvalue weighted by Gasteiger charge is 2.07. The number of hydrogen-bond donors (Lipinski definition) is 0. The number of halogens is 1. The highest BCUT2D eigenvalue weighted by molar-refractivity contribution is 14.1. The monoisotopic (exact) mass is 344 g/mol. The lowest BCUT2D eigenvalue weighted by Crippen LogP contribution is -2.06. The van der Waals surface area contributed by atoms with Crippen LogP contribution >= 0.6 is 22.6 Å². The third-order valence-electron chi connectivity index (χ3n) is 2.91. The second kappa shape index (κ2) is 5.20. The Labute approximate surface area is 115 Å². The van der Waals surface area contributed by atoms with Crippen LogP contribution in [0.5, 0.6) is 0 Å². The van der Waals surface area contributed by atoms with Crippen LogP contribution < -0.4 is 0 Å². The van der Waals surface area contributed by atoms with Crippen LogP contribution in [0.3, 0.4) is 0 Å². The highest BCUT2D eigenvalue weighted by atomic mass is 127. The first-order valence-corrected chi connectivity index (χ1v) is 6.91. The van der Waals surface area contributed by atoms with Gasteiger partial charge in [0.25, 0.3) is 0 Å². The Morgan fingerprint density at radius 1 is 1.41 bits per heavy atom. The first-order valence-electron chi connectivity index (χ1n) is 5.83. The van der Waals surface area contributed by atoms with E-state index in [-0.39, 0.29) is 0 Å². The molecule has 0 aliphatic heterocycles. The van der Waals surface area contributed by atoms with Gasteiger partial charge in [0.2, 0.25) is 0 Å². The van der Waals surface area contributed by atoms with Crippen LogP contribution in [-0.4, -0.2) is 19.6 Å². The van der Waals surface area contributed by atoms with Crippen LogP contribution in [0.4, 0.5) is 0 Å². The lowest BCUT2D eigenvalue weighted by Gasteiger charge is -2.08. The van der Waals surface area contributed by atoms with E-state index >= 15 is 0 Å². The quantitative estimate of drug-likeness (QED) is 0.800. The fraction of sp³-hybridized carbons (Fsp3) is 0.500. The fourth-order valence-corrected chi connectivity index (χ4v) is 2.05. The summed E-state index contributed by atoms with van der Waals surface area (Å²) < 4.78 is 5.03. The maximum absolute atomic E-state index is 4.57. The van der Waals surface area contributed by atoms with Crippen LogP contribution in [0.1, 0.15) is 37.6 Å². The minimum Gasteiger partial charge on any atom is -0.270 e. The molecule has 0 aliphatic carbocycles. The zero-order chi connectivity index (χ0) is 12.4. The maximum atomic E-state index is 4.57. The summed E-state index contributed by atoms with van der Waals surface area (Å²) in [5, 5.41) is 9.00. The average Bonchev–Trinajstić information content (AvgIpc) is 2.87. The Bertz CT molecular complexity index is 481. The SMILES string of the molecule is CCC(C)n1ccc(Cn2cc(C)c(I)n2)n1. The van der Waals surface area contributed by atoms with Crippen molar-refractivity contribution in [2.45, 2.75) is 39.8 Å². The summed E-state index contributed by atoms with van der Waals surface area (Å²) in [5.74, 6) is 0. The van der Waals surface area contributed by atoms with Gasteiger partial charge in [0.1, 0.15) is 3.70 Å². The molecular formula is C12H17IN4. The molecule has 0 aromatic carbocycles. The van der Waals surface area contributed by atoms with Gasteiger partial charge in [0.05, 0.1) is 12.2 Å². The van der Waals surface area contributed by atoms with Crippen LogP contribution in [-0.2, 0) is 6.54 Å². The molecule has 0 saturated heterocycles. The number of hydrogen-bond acceptors (Lipinski definition) is 2. The number of aryl methyl sites for hydroxylation is 1. The zero-order valence-electron chi connectivity index (χ0n) is 10.4. The Hall–Kier alpha value is -0.850. The second-order valence-corrected chi connectivity index (χ2v) is 5.37. The minimum atomic E-state index is 0.461. The van der Waals surface area contributed by atoms with E-state index in [1.54, 1.807) is 0 Å². The first-order chi connectivity index (χ1) is 8.10. The molecule has 4 nitrogen and oxygen atoms in total. The molecule has 2 heterocycles. The number of nitrogens with zero attached hydrogens (tertiary/aromatic N) is 4. The van der Waals surface area contributed by atoms with Gasteiger partial charge in [-0.2, -0.15) is 10.2 Å². The van der Waals surface area contributed by atoms with E-state index in [1.165, 1.54) is 5.56 Å². The number of rotatable bonds is 4. The van der Waals surface area contributed by atoms with E-state index in [0.29, 0.717) is 6.04 Å². The van der Waals surface area contributed by atoms with Gasteiger partial charge in [-0.15, -0.1) is 0 Å². The summed E-state index contributed by atoms with van der Waals surface area (Å²) >= 11 is 2.25. The van der Waals surface area contributed by atoms with E-state index in [2.05, 4.69) is 65.8 Å². The Morgan fingerprint density at radius 2 is 2.18 bits per heavy atom. The molecule has 92 valence electrons. The molecule has 0 spiro atoms. The van der Waals surface area contributed by atoms with Gasteiger partial charge in [0, 0.05) is 24.0 Å². The maximum Gasteiger partial charge on any atom is 0.126 e. The largest absolute Gasteiger partial charge is 0.270 e. The molecule has 1 unspecified atom stereocenters. The number of aromatic nitrogens is 4. The molecule has 5 heteroatoms. The van der Waals surface area contributed by atoms with E-state index < -0.39 is 0 Å². The highest BCUT2D eigenvalue weighted by Crippen LogP contribution is 2.12. The molecule has 2 aromatic rings. The zero-order valence-corrected chi connectivity index (χ0v) is 12.5. The topological polar surface area (TPSA) is 35.6 Å². The van der Waals surface area contributed by atoms with E-state index in [4.69, 9.17) is 0 Å². The van der Waals surface area contributed by atoms with E-state index in [9.17, 15) is 0 Å². The van der Waals surface area contributed by atoms with Crippen molar-refractivity contribution in [3.63, 3.8) is 0 Å². The van der Waals surface area contributed by atoms with E-state index in [0.717, 1.165) is 22.4 Å². The van der Waals surface area contributed by atoms with E-state index in [1.807, 2.05) is 15.6 Å². The second-order valence-electron chi connectivity index (χ2n) is 4.34. The lowest BCUT2D eigenvalue weighted by atomic mass is 10.3. The van der Waals surface area contributed by atoms with Crippen molar-refractivity contribution in [1.29, 1.82) is 0 Å². The van der Waals surface area contributed by atoms with Gasteiger partial charge in [0.15, 0.2) is 0 Å². The van der Waals surface area contributed by atoms with Crippen molar-refractivity contribution in [3.8, 4) is 0 Å². The van der Waals surface area contributed by atoms with Crippen molar-refractivity contribution in [2.24, 2.45) is 0 Å². The third-order valence-corrected chi connectivity index (χ3v) is 3.98. The standard InChI is InChI=1S/C12H17IN4/c1-4-10(3)17-6-5-11(14-17)8-16-7-9(2)12(13)15-16/h5-7,10H,4,8H2,1-3H3. The Morgan fingerprint density at radius 3 is 2.76 bits per heavy atom. The molecule has 1 atom stereocenters. The predicted molar refractivity (Wildman–Crippen MR) is 76.0 cm³/mol. The van der Waals surface area contributed by atoms with Crippen molar-refractivity contribution >= 4 is 22.6 Å². The normalized spacial score (nSPS) is 12.9. The fourth-order valence-electron chi connectivity index (χ4n) is 1.64.